The summed E-state index contributed by atoms with van der Waals surface area (Å²) >= 11 is 1.57. The van der Waals surface area contributed by atoms with Gasteiger partial charge in [-0.1, -0.05) is 12.2 Å². The van der Waals surface area contributed by atoms with Gasteiger partial charge >= 0.3 is 0 Å². The van der Waals surface area contributed by atoms with Crippen LogP contribution in [0.25, 0.3) is 10.6 Å². The maximum Gasteiger partial charge on any atom is 0.123 e. The number of nitrogens with zero attached hydrogens (tertiary/aromatic N) is 1. The van der Waals surface area contributed by atoms with Gasteiger partial charge in [-0.25, -0.2) is 9.37 Å². The van der Waals surface area contributed by atoms with Gasteiger partial charge in [0, 0.05) is 24.0 Å². The van der Waals surface area contributed by atoms with Crippen LogP contribution in [0.5, 0.6) is 0 Å². The molecule has 1 heterocycles. The molecule has 0 saturated carbocycles. The molecule has 2 nitrogen and oxygen atoms in total. The Morgan fingerprint density at radius 3 is 2.78 bits per heavy atom. The largest absolute Gasteiger partial charge is 0.307 e. The van der Waals surface area contributed by atoms with Crippen LogP contribution in [0.3, 0.4) is 0 Å². The third kappa shape index (κ3) is 3.48. The first-order valence-corrected chi connectivity index (χ1v) is 6.58. The monoisotopic (exact) mass is 262 g/mol. The minimum atomic E-state index is -0.223. The van der Waals surface area contributed by atoms with Gasteiger partial charge in [0.25, 0.3) is 0 Å². The molecule has 2 aromatic rings. The van der Waals surface area contributed by atoms with Crippen molar-refractivity contribution in [3.63, 3.8) is 0 Å². The van der Waals surface area contributed by atoms with Crippen LogP contribution in [-0.2, 0) is 6.54 Å². The van der Waals surface area contributed by atoms with Crippen LogP contribution in [0.15, 0.2) is 41.8 Å². The van der Waals surface area contributed by atoms with E-state index in [2.05, 4.69) is 16.9 Å². The maximum absolute atomic E-state index is 12.8. The Morgan fingerprint density at radius 2 is 2.11 bits per heavy atom. The van der Waals surface area contributed by atoms with Crippen LogP contribution in [0.4, 0.5) is 4.39 Å². The fraction of sp³-hybridized carbons (Fsp3) is 0.214. The van der Waals surface area contributed by atoms with Crippen molar-refractivity contribution in [1.29, 1.82) is 0 Å². The molecule has 0 bridgehead atoms. The molecule has 0 saturated heterocycles. The Bertz CT molecular complexity index is 531. The van der Waals surface area contributed by atoms with Gasteiger partial charge in [-0.2, -0.15) is 0 Å². The molecular weight excluding hydrogens is 247 g/mol. The van der Waals surface area contributed by atoms with E-state index >= 15 is 0 Å². The van der Waals surface area contributed by atoms with E-state index in [9.17, 15) is 4.39 Å². The van der Waals surface area contributed by atoms with E-state index in [1.54, 1.807) is 23.5 Å². The standard InChI is InChI=1S/C14H15FN2S/c1-10(2)7-16-8-13-9-18-14(17-13)11-3-5-12(15)6-4-11/h3-6,9,16H,1,7-8H2,2H3. The summed E-state index contributed by atoms with van der Waals surface area (Å²) in [7, 11) is 0. The van der Waals surface area contributed by atoms with Crippen molar-refractivity contribution in [1.82, 2.24) is 10.3 Å². The van der Waals surface area contributed by atoms with Gasteiger partial charge in [-0.05, 0) is 31.2 Å². The molecule has 18 heavy (non-hydrogen) atoms. The Kier molecular flexibility index (Phi) is 4.23. The zero-order valence-electron chi connectivity index (χ0n) is 10.2. The van der Waals surface area contributed by atoms with Gasteiger partial charge in [-0.15, -0.1) is 11.3 Å². The summed E-state index contributed by atoms with van der Waals surface area (Å²) in [5, 5.41) is 6.20. The molecule has 1 aromatic carbocycles. The van der Waals surface area contributed by atoms with Crippen molar-refractivity contribution >= 4 is 11.3 Å². The lowest BCUT2D eigenvalue weighted by molar-refractivity contribution is 0.628. The molecule has 0 radical (unpaired) electrons. The number of aromatic nitrogens is 1. The first-order valence-electron chi connectivity index (χ1n) is 5.70. The van der Waals surface area contributed by atoms with Crippen molar-refractivity contribution in [3.05, 3.63) is 53.3 Å². The molecule has 1 aromatic heterocycles. The normalized spacial score (nSPS) is 10.6. The van der Waals surface area contributed by atoms with Gasteiger partial charge in [0.15, 0.2) is 0 Å². The highest BCUT2D eigenvalue weighted by molar-refractivity contribution is 7.13. The first kappa shape index (κ1) is 12.9. The molecule has 0 fully saturated rings. The average molecular weight is 262 g/mol. The van der Waals surface area contributed by atoms with Gasteiger partial charge < -0.3 is 5.32 Å². The summed E-state index contributed by atoms with van der Waals surface area (Å²) < 4.78 is 12.8. The zero-order chi connectivity index (χ0) is 13.0. The van der Waals surface area contributed by atoms with E-state index in [-0.39, 0.29) is 5.82 Å². The number of hydrogen-bond donors (Lipinski definition) is 1. The number of halogens is 1. The molecule has 0 aliphatic heterocycles. The molecular formula is C14H15FN2S. The predicted octanol–water partition coefficient (Wildman–Crippen LogP) is 3.61. The summed E-state index contributed by atoms with van der Waals surface area (Å²) in [4.78, 5) is 4.51. The summed E-state index contributed by atoms with van der Waals surface area (Å²) in [6.07, 6.45) is 0. The Balaban J connectivity index is 2.01. The minimum Gasteiger partial charge on any atom is -0.307 e. The minimum absolute atomic E-state index is 0.223. The maximum atomic E-state index is 12.8. The van der Waals surface area contributed by atoms with E-state index in [0.29, 0.717) is 0 Å². The van der Waals surface area contributed by atoms with Crippen LogP contribution in [0.2, 0.25) is 0 Å². The molecule has 1 N–H and O–H groups in total. The van der Waals surface area contributed by atoms with Crippen molar-refractivity contribution in [2.75, 3.05) is 6.54 Å². The smallest absolute Gasteiger partial charge is 0.123 e. The second kappa shape index (κ2) is 5.89. The van der Waals surface area contributed by atoms with E-state index < -0.39 is 0 Å². The highest BCUT2D eigenvalue weighted by Gasteiger charge is 2.04. The molecule has 0 aliphatic rings. The Hall–Kier alpha value is -1.52. The fourth-order valence-corrected chi connectivity index (χ4v) is 2.34. The zero-order valence-corrected chi connectivity index (χ0v) is 11.1. The first-order chi connectivity index (χ1) is 8.65. The van der Waals surface area contributed by atoms with Crippen molar-refractivity contribution in [3.8, 4) is 10.6 Å². The van der Waals surface area contributed by atoms with Crippen LogP contribution in [-0.4, -0.2) is 11.5 Å². The SMILES string of the molecule is C=C(C)CNCc1csc(-c2ccc(F)cc2)n1. The third-order valence-electron chi connectivity index (χ3n) is 2.38. The van der Waals surface area contributed by atoms with E-state index in [4.69, 9.17) is 0 Å². The Morgan fingerprint density at radius 1 is 1.39 bits per heavy atom. The number of benzene rings is 1. The summed E-state index contributed by atoms with van der Waals surface area (Å²) in [5.41, 5.74) is 3.05. The topological polar surface area (TPSA) is 24.9 Å². The lowest BCUT2D eigenvalue weighted by Gasteiger charge is -2.00. The van der Waals surface area contributed by atoms with Crippen LogP contribution < -0.4 is 5.32 Å². The van der Waals surface area contributed by atoms with Crippen LogP contribution in [0.1, 0.15) is 12.6 Å². The fourth-order valence-electron chi connectivity index (χ4n) is 1.52. The molecule has 0 amide bonds. The van der Waals surface area contributed by atoms with Gasteiger partial charge in [-0.3, -0.25) is 0 Å². The molecule has 2 rings (SSSR count). The lowest BCUT2D eigenvalue weighted by Crippen LogP contribution is -2.15. The molecule has 0 aliphatic carbocycles. The highest BCUT2D eigenvalue weighted by Crippen LogP contribution is 2.23. The van der Waals surface area contributed by atoms with Gasteiger partial charge in [0.05, 0.1) is 5.69 Å². The number of hydrogen-bond acceptors (Lipinski definition) is 3. The number of nitrogens with one attached hydrogen (secondary N) is 1. The predicted molar refractivity (Wildman–Crippen MR) is 74.0 cm³/mol. The quantitative estimate of drug-likeness (QED) is 0.833. The van der Waals surface area contributed by atoms with E-state index in [1.165, 1.54) is 12.1 Å². The number of rotatable bonds is 5. The lowest BCUT2D eigenvalue weighted by atomic mass is 10.2. The molecule has 4 heteroatoms. The van der Waals surface area contributed by atoms with E-state index in [1.807, 2.05) is 12.3 Å². The molecule has 0 unspecified atom stereocenters. The second-order valence-electron chi connectivity index (χ2n) is 4.21. The van der Waals surface area contributed by atoms with Gasteiger partial charge in [0.1, 0.15) is 10.8 Å². The van der Waals surface area contributed by atoms with Crippen molar-refractivity contribution in [2.24, 2.45) is 0 Å². The third-order valence-corrected chi connectivity index (χ3v) is 3.32. The second-order valence-corrected chi connectivity index (χ2v) is 5.07. The summed E-state index contributed by atoms with van der Waals surface area (Å²) in [6.45, 7) is 7.34. The van der Waals surface area contributed by atoms with Crippen molar-refractivity contribution < 1.29 is 4.39 Å². The molecule has 0 atom stereocenters. The van der Waals surface area contributed by atoms with Crippen LogP contribution >= 0.6 is 11.3 Å². The molecule has 94 valence electrons. The molecule has 0 spiro atoms. The number of thiazole rings is 1. The van der Waals surface area contributed by atoms with Crippen molar-refractivity contribution in [2.45, 2.75) is 13.5 Å². The Labute approximate surface area is 110 Å². The van der Waals surface area contributed by atoms with E-state index in [0.717, 1.165) is 34.9 Å². The summed E-state index contributed by atoms with van der Waals surface area (Å²) in [6, 6.07) is 6.41. The summed E-state index contributed by atoms with van der Waals surface area (Å²) in [5.74, 6) is -0.223. The van der Waals surface area contributed by atoms with Gasteiger partial charge in [0.2, 0.25) is 0 Å². The average Bonchev–Trinajstić information content (AvgIpc) is 2.78. The van der Waals surface area contributed by atoms with Crippen LogP contribution in [0, 0.1) is 5.82 Å². The highest BCUT2D eigenvalue weighted by atomic mass is 32.1.